The van der Waals surface area contributed by atoms with E-state index < -0.39 is 18.8 Å². The minimum absolute atomic E-state index is 0.0692. The minimum Gasteiger partial charge on any atom is -0.496 e. The van der Waals surface area contributed by atoms with Crippen LogP contribution in [0.25, 0.3) is 11.1 Å². The highest BCUT2D eigenvalue weighted by atomic mass is 16.6. The van der Waals surface area contributed by atoms with Crippen LogP contribution >= 0.6 is 0 Å². The molecule has 0 radical (unpaired) electrons. The fraction of sp³-hybridized carbons (Fsp3) is 0.553. The summed E-state index contributed by atoms with van der Waals surface area (Å²) in [7, 11) is 1.71. The van der Waals surface area contributed by atoms with Gasteiger partial charge in [-0.3, -0.25) is 9.48 Å². The number of ether oxygens (including phenoxy) is 2. The van der Waals surface area contributed by atoms with Crippen LogP contribution in [0.1, 0.15) is 87.3 Å². The van der Waals surface area contributed by atoms with E-state index in [9.17, 15) is 14.7 Å². The van der Waals surface area contributed by atoms with Crippen LogP contribution in [0.15, 0.2) is 54.9 Å². The molecular formula is C38H50N4O6. The molecule has 1 atom stereocenters. The number of methoxy groups -OCH3 is 1. The van der Waals surface area contributed by atoms with E-state index in [0.717, 1.165) is 53.8 Å². The van der Waals surface area contributed by atoms with Gasteiger partial charge in [0.05, 0.1) is 32.1 Å². The Hall–Kier alpha value is -3.89. The molecule has 3 aliphatic carbocycles. The summed E-state index contributed by atoms with van der Waals surface area (Å²) in [6, 6.07) is 15.4. The summed E-state index contributed by atoms with van der Waals surface area (Å²) in [6.45, 7) is 2.28. The second kappa shape index (κ2) is 15.6. The van der Waals surface area contributed by atoms with Crippen molar-refractivity contribution in [3.8, 4) is 16.9 Å². The summed E-state index contributed by atoms with van der Waals surface area (Å²) in [4.78, 5) is 28.6. The zero-order chi connectivity index (χ0) is 33.6. The van der Waals surface area contributed by atoms with Gasteiger partial charge in [-0.05, 0) is 118 Å². The third-order valence-electron chi connectivity index (χ3n) is 10.4. The van der Waals surface area contributed by atoms with Crippen molar-refractivity contribution in [2.75, 3.05) is 31.7 Å². The molecule has 1 heterocycles. The van der Waals surface area contributed by atoms with Crippen molar-refractivity contribution in [3.05, 3.63) is 66.0 Å². The normalized spacial score (nSPS) is 23.2. The number of rotatable bonds is 12. The molecule has 0 saturated heterocycles. The van der Waals surface area contributed by atoms with E-state index in [-0.39, 0.29) is 24.5 Å². The van der Waals surface area contributed by atoms with Gasteiger partial charge in [0.25, 0.3) is 0 Å². The first-order valence-corrected chi connectivity index (χ1v) is 17.6. The number of nitrogens with one attached hydrogen (secondary N) is 1. The van der Waals surface area contributed by atoms with Crippen molar-refractivity contribution >= 4 is 17.7 Å². The van der Waals surface area contributed by atoms with Gasteiger partial charge in [-0.25, -0.2) is 4.79 Å². The maximum Gasteiger partial charge on any atom is 0.407 e. The van der Waals surface area contributed by atoms with Crippen molar-refractivity contribution in [2.24, 2.45) is 11.8 Å². The predicted octanol–water partition coefficient (Wildman–Crippen LogP) is 6.15. The fourth-order valence-corrected chi connectivity index (χ4v) is 7.40. The number of aryl methyl sites for hydroxylation is 1. The zero-order valence-electron chi connectivity index (χ0n) is 28.2. The number of aromatic nitrogens is 2. The van der Waals surface area contributed by atoms with Crippen LogP contribution in [0.5, 0.6) is 5.75 Å². The van der Waals surface area contributed by atoms with E-state index >= 15 is 0 Å². The van der Waals surface area contributed by atoms with E-state index in [4.69, 9.17) is 14.6 Å². The van der Waals surface area contributed by atoms with Gasteiger partial charge >= 0.3 is 6.09 Å². The molecule has 0 unspecified atom stereocenters. The number of aliphatic hydroxyl groups excluding tert-OH is 2. The highest BCUT2D eigenvalue weighted by Gasteiger charge is 2.34. The molecule has 258 valence electrons. The summed E-state index contributed by atoms with van der Waals surface area (Å²) in [5.41, 5.74) is 5.58. The standard InChI is InChI=1S/C38H50N4O6/c1-25-18-30(12-17-36(25)47-2)27-8-6-26(7-9-27)22-41(33-5-3-4-29(19-33)31-20-40-42(23-31)32-13-14-32)37(45)28-10-15-35(16-11-28)48-38(46)39-21-34(44)24-43/h3-5,12,17-20,23,26-28,32,34-35,43-44H,6-11,13-16,21-22,24H2,1-2H3,(H,39,46)/t26-,27-,28-,34-,35-/m0/s1. The molecule has 10 heteroatoms. The Morgan fingerprint density at radius 3 is 2.46 bits per heavy atom. The zero-order valence-corrected chi connectivity index (χ0v) is 28.2. The smallest absolute Gasteiger partial charge is 0.407 e. The van der Waals surface area contributed by atoms with Crippen LogP contribution in [0, 0.1) is 18.8 Å². The lowest BCUT2D eigenvalue weighted by atomic mass is 9.78. The first kappa shape index (κ1) is 34.0. The maximum absolute atomic E-state index is 14.4. The third-order valence-corrected chi connectivity index (χ3v) is 10.4. The number of amides is 2. The van der Waals surface area contributed by atoms with Gasteiger partial charge in [0.15, 0.2) is 0 Å². The average Bonchev–Trinajstić information content (AvgIpc) is 3.85. The second-order valence-corrected chi connectivity index (χ2v) is 14.0. The highest BCUT2D eigenvalue weighted by Crippen LogP contribution is 2.40. The first-order valence-electron chi connectivity index (χ1n) is 17.6. The maximum atomic E-state index is 14.4. The Kier molecular flexibility index (Phi) is 11.0. The third kappa shape index (κ3) is 8.39. The lowest BCUT2D eigenvalue weighted by molar-refractivity contribution is -0.124. The topological polar surface area (TPSA) is 126 Å². The van der Waals surface area contributed by atoms with Gasteiger partial charge in [0.1, 0.15) is 11.9 Å². The molecule has 3 N–H and O–H groups in total. The number of benzene rings is 2. The van der Waals surface area contributed by atoms with E-state index in [2.05, 4.69) is 64.6 Å². The van der Waals surface area contributed by atoms with Crippen molar-refractivity contribution in [2.45, 2.75) is 95.3 Å². The Morgan fingerprint density at radius 2 is 1.77 bits per heavy atom. The van der Waals surface area contributed by atoms with Gasteiger partial charge in [-0.2, -0.15) is 5.10 Å². The number of hydrogen-bond donors (Lipinski definition) is 3. The SMILES string of the molecule is COc1ccc([C@H]2CC[C@H](CN(c3cccc(-c4cnn(C5CC5)c4)c3)C(=O)[C@H]3CC[C@H](OC(=O)NC[C@H](O)CO)CC3)CC2)cc1C. The van der Waals surface area contributed by atoms with Crippen LogP contribution in [0.2, 0.25) is 0 Å². The number of alkyl carbamates (subject to hydrolysis) is 1. The Bertz CT molecular complexity index is 1540. The van der Waals surface area contributed by atoms with Crippen molar-refractivity contribution in [3.63, 3.8) is 0 Å². The molecule has 1 aromatic heterocycles. The van der Waals surface area contributed by atoms with Crippen molar-refractivity contribution in [1.29, 1.82) is 0 Å². The number of carbonyl (C=O) groups is 2. The number of hydrogen-bond acceptors (Lipinski definition) is 7. The number of aliphatic hydroxyl groups is 2. The highest BCUT2D eigenvalue weighted by molar-refractivity contribution is 5.95. The van der Waals surface area contributed by atoms with Crippen LogP contribution in [-0.4, -0.2) is 71.0 Å². The lowest BCUT2D eigenvalue weighted by Gasteiger charge is -2.36. The molecule has 0 spiro atoms. The molecule has 2 amide bonds. The van der Waals surface area contributed by atoms with E-state index in [1.54, 1.807) is 7.11 Å². The molecule has 0 bridgehead atoms. The summed E-state index contributed by atoms with van der Waals surface area (Å²) < 4.78 is 13.1. The molecule has 10 nitrogen and oxygen atoms in total. The Balaban J connectivity index is 1.13. The van der Waals surface area contributed by atoms with Gasteiger partial charge in [0, 0.05) is 36.5 Å². The Labute approximate surface area is 283 Å². The molecule has 6 rings (SSSR count). The van der Waals surface area contributed by atoms with E-state index in [1.165, 1.54) is 18.4 Å². The van der Waals surface area contributed by atoms with Crippen LogP contribution in [0.3, 0.4) is 0 Å². The quantitative estimate of drug-likeness (QED) is 0.213. The molecule has 3 saturated carbocycles. The molecule has 0 aliphatic heterocycles. The molecule has 3 aromatic rings. The lowest BCUT2D eigenvalue weighted by Crippen LogP contribution is -2.42. The molecular weight excluding hydrogens is 608 g/mol. The number of carbonyl (C=O) groups excluding carboxylic acids is 2. The average molecular weight is 659 g/mol. The number of anilines is 1. The summed E-state index contributed by atoms with van der Waals surface area (Å²) >= 11 is 0. The van der Waals surface area contributed by atoms with Crippen LogP contribution in [0.4, 0.5) is 10.5 Å². The van der Waals surface area contributed by atoms with E-state index in [1.807, 2.05) is 17.2 Å². The summed E-state index contributed by atoms with van der Waals surface area (Å²) in [6.07, 6.45) is 11.3. The van der Waals surface area contributed by atoms with Crippen LogP contribution in [-0.2, 0) is 9.53 Å². The summed E-state index contributed by atoms with van der Waals surface area (Å²) in [5, 5.41) is 25.6. The molecule has 48 heavy (non-hydrogen) atoms. The minimum atomic E-state index is -1.02. The van der Waals surface area contributed by atoms with Gasteiger partial charge in [-0.1, -0.05) is 24.3 Å². The largest absolute Gasteiger partial charge is 0.496 e. The monoisotopic (exact) mass is 658 g/mol. The van der Waals surface area contributed by atoms with Crippen LogP contribution < -0.4 is 15.0 Å². The summed E-state index contributed by atoms with van der Waals surface area (Å²) in [5.74, 6) is 1.83. The van der Waals surface area contributed by atoms with Crippen molar-refractivity contribution in [1.82, 2.24) is 15.1 Å². The van der Waals surface area contributed by atoms with Crippen molar-refractivity contribution < 1.29 is 29.3 Å². The fourth-order valence-electron chi connectivity index (χ4n) is 7.40. The first-order chi connectivity index (χ1) is 23.3. The van der Waals surface area contributed by atoms with Gasteiger partial charge in [0.2, 0.25) is 5.91 Å². The van der Waals surface area contributed by atoms with Gasteiger partial charge < -0.3 is 29.9 Å². The predicted molar refractivity (Wildman–Crippen MR) is 184 cm³/mol. The Morgan fingerprint density at radius 1 is 1.00 bits per heavy atom. The molecule has 2 aromatic carbocycles. The van der Waals surface area contributed by atoms with Gasteiger partial charge in [-0.15, -0.1) is 0 Å². The number of nitrogens with zero attached hydrogens (tertiary/aromatic N) is 3. The molecule has 3 aliphatic rings. The second-order valence-electron chi connectivity index (χ2n) is 14.0. The van der Waals surface area contributed by atoms with E-state index in [0.29, 0.717) is 50.1 Å². The molecule has 3 fully saturated rings.